The largest absolute Gasteiger partial charge is 0.464 e. The van der Waals surface area contributed by atoms with E-state index in [0.29, 0.717) is 39.3 Å². The molecule has 2 atom stereocenters. The van der Waals surface area contributed by atoms with E-state index in [1.165, 1.54) is 13.3 Å². The molecule has 0 spiro atoms. The van der Waals surface area contributed by atoms with Crippen LogP contribution in [0.4, 0.5) is 19.3 Å². The zero-order valence-corrected chi connectivity index (χ0v) is 23.5. The first-order valence-electron chi connectivity index (χ1n) is 13.4. The summed E-state index contributed by atoms with van der Waals surface area (Å²) in [6.07, 6.45) is 0.697. The number of aromatic nitrogens is 2. The molecule has 216 valence electrons. The molecule has 2 heterocycles. The number of nitrogens with one attached hydrogen (secondary N) is 2. The zero-order chi connectivity index (χ0) is 30.2. The predicted octanol–water partition coefficient (Wildman–Crippen LogP) is 6.09. The third kappa shape index (κ3) is 5.58. The molecule has 2 aromatic carbocycles. The summed E-state index contributed by atoms with van der Waals surface area (Å²) >= 11 is 0. The number of nitrogens with zero attached hydrogens (tertiary/aromatic N) is 2. The summed E-state index contributed by atoms with van der Waals surface area (Å²) in [5, 5.41) is 16.5. The quantitative estimate of drug-likeness (QED) is 0.250. The van der Waals surface area contributed by atoms with E-state index in [2.05, 4.69) is 15.6 Å². The predicted molar refractivity (Wildman–Crippen MR) is 154 cm³/mol. The fraction of sp³-hybridized carbons (Fsp3) is 0.250. The highest BCUT2D eigenvalue weighted by Gasteiger charge is 2.40. The molecule has 2 aromatic heterocycles. The first-order chi connectivity index (χ1) is 20.0. The number of anilines is 1. The van der Waals surface area contributed by atoms with Gasteiger partial charge in [0.05, 0.1) is 36.3 Å². The van der Waals surface area contributed by atoms with Crippen LogP contribution in [0, 0.1) is 18.6 Å². The first-order valence-corrected chi connectivity index (χ1v) is 13.4. The molecule has 0 unspecified atom stereocenters. The standard InChI is InChI=1S/C32H30F2N4O4/c1-17-12-24(36-31(41)38-29-20-14-22(33)23(34)15-21(20)32(2,3)16-26(29)39)28(18-8-6-5-7-9-18)37-27(17)19-10-11-35-25(13-19)30(40)42-4/h5-15,26,29,39H,16H2,1-4H3,(H2,36,38,41)/t26-,29-/m1/s1. The molecular formula is C32H30F2N4O4. The fourth-order valence-corrected chi connectivity index (χ4v) is 5.45. The van der Waals surface area contributed by atoms with Crippen molar-refractivity contribution in [1.29, 1.82) is 0 Å². The molecule has 2 amide bonds. The Labute approximate surface area is 241 Å². The number of pyridine rings is 2. The third-order valence-electron chi connectivity index (χ3n) is 7.48. The van der Waals surface area contributed by atoms with Gasteiger partial charge in [-0.1, -0.05) is 44.2 Å². The van der Waals surface area contributed by atoms with Gasteiger partial charge in [0.25, 0.3) is 0 Å². The number of amides is 2. The highest BCUT2D eigenvalue weighted by molar-refractivity contribution is 5.95. The van der Waals surface area contributed by atoms with Gasteiger partial charge in [-0.25, -0.2) is 28.3 Å². The van der Waals surface area contributed by atoms with Crippen molar-refractivity contribution in [2.45, 2.75) is 44.8 Å². The van der Waals surface area contributed by atoms with Gasteiger partial charge in [0.2, 0.25) is 0 Å². The van der Waals surface area contributed by atoms with Crippen molar-refractivity contribution < 1.29 is 28.2 Å². The van der Waals surface area contributed by atoms with Gasteiger partial charge in [-0.15, -0.1) is 0 Å². The molecule has 0 fully saturated rings. The smallest absolute Gasteiger partial charge is 0.356 e. The average molecular weight is 573 g/mol. The van der Waals surface area contributed by atoms with Gasteiger partial charge >= 0.3 is 12.0 Å². The molecule has 1 aliphatic carbocycles. The van der Waals surface area contributed by atoms with Gasteiger partial charge in [0, 0.05) is 17.3 Å². The van der Waals surface area contributed by atoms with E-state index in [1.54, 1.807) is 18.2 Å². The molecule has 3 N–H and O–H groups in total. The van der Waals surface area contributed by atoms with Gasteiger partial charge < -0.3 is 20.5 Å². The number of hydrogen-bond acceptors (Lipinski definition) is 6. The Bertz CT molecular complexity index is 1680. The van der Waals surface area contributed by atoms with Crippen molar-refractivity contribution >= 4 is 17.7 Å². The maximum atomic E-state index is 14.3. The van der Waals surface area contributed by atoms with E-state index in [1.807, 2.05) is 51.1 Å². The van der Waals surface area contributed by atoms with Crippen LogP contribution in [0.5, 0.6) is 0 Å². The van der Waals surface area contributed by atoms with Crippen molar-refractivity contribution in [2.24, 2.45) is 0 Å². The molecule has 8 nitrogen and oxygen atoms in total. The number of benzene rings is 2. The van der Waals surface area contributed by atoms with Crippen molar-refractivity contribution in [3.8, 4) is 22.5 Å². The third-order valence-corrected chi connectivity index (χ3v) is 7.48. The van der Waals surface area contributed by atoms with Crippen LogP contribution >= 0.6 is 0 Å². The van der Waals surface area contributed by atoms with Crippen molar-refractivity contribution in [3.05, 3.63) is 101 Å². The van der Waals surface area contributed by atoms with E-state index in [4.69, 9.17) is 9.72 Å². The summed E-state index contributed by atoms with van der Waals surface area (Å²) in [5.41, 5.74) is 3.82. The van der Waals surface area contributed by atoms with Crippen LogP contribution in [0.3, 0.4) is 0 Å². The van der Waals surface area contributed by atoms with Crippen molar-refractivity contribution in [1.82, 2.24) is 15.3 Å². The van der Waals surface area contributed by atoms with Crippen LogP contribution < -0.4 is 10.6 Å². The lowest BCUT2D eigenvalue weighted by Gasteiger charge is -2.40. The number of rotatable bonds is 5. The molecular weight excluding hydrogens is 542 g/mol. The van der Waals surface area contributed by atoms with E-state index < -0.39 is 41.2 Å². The van der Waals surface area contributed by atoms with Gasteiger partial charge in [-0.3, -0.25) is 0 Å². The van der Waals surface area contributed by atoms with Crippen LogP contribution in [-0.4, -0.2) is 40.3 Å². The number of methoxy groups -OCH3 is 1. The van der Waals surface area contributed by atoms with E-state index in [-0.39, 0.29) is 12.1 Å². The topological polar surface area (TPSA) is 113 Å². The zero-order valence-electron chi connectivity index (χ0n) is 23.5. The molecule has 1 aliphatic rings. The van der Waals surface area contributed by atoms with Gasteiger partial charge in [0.1, 0.15) is 5.69 Å². The van der Waals surface area contributed by atoms with Gasteiger partial charge in [-0.05, 0) is 65.8 Å². The molecule has 0 aliphatic heterocycles. The molecule has 0 saturated heterocycles. The Morgan fingerprint density at radius 3 is 2.43 bits per heavy atom. The van der Waals surface area contributed by atoms with E-state index in [9.17, 15) is 23.5 Å². The lowest BCUT2D eigenvalue weighted by atomic mass is 9.69. The number of aliphatic hydroxyl groups excluding tert-OH is 1. The van der Waals surface area contributed by atoms with Crippen LogP contribution in [0.25, 0.3) is 22.5 Å². The summed E-state index contributed by atoms with van der Waals surface area (Å²) in [7, 11) is 1.28. The number of aliphatic hydroxyl groups is 1. The maximum absolute atomic E-state index is 14.3. The summed E-state index contributed by atoms with van der Waals surface area (Å²) in [5.74, 6) is -2.62. The monoisotopic (exact) mass is 572 g/mol. The molecule has 0 bridgehead atoms. The Hall–Kier alpha value is -4.70. The van der Waals surface area contributed by atoms with Crippen molar-refractivity contribution in [3.63, 3.8) is 0 Å². The molecule has 4 aromatic rings. The van der Waals surface area contributed by atoms with Crippen LogP contribution in [0.1, 0.15) is 53.5 Å². The Balaban J connectivity index is 1.51. The Morgan fingerprint density at radius 2 is 1.71 bits per heavy atom. The molecule has 0 radical (unpaired) electrons. The molecule has 10 heteroatoms. The average Bonchev–Trinajstić information content (AvgIpc) is 2.96. The number of carbonyl (C=O) groups is 2. The summed E-state index contributed by atoms with van der Waals surface area (Å²) in [6, 6.07) is 14.8. The minimum atomic E-state index is -1.06. The van der Waals surface area contributed by atoms with Gasteiger partial charge in [0.15, 0.2) is 11.6 Å². The van der Waals surface area contributed by atoms with Crippen molar-refractivity contribution in [2.75, 3.05) is 12.4 Å². The van der Waals surface area contributed by atoms with Crippen LogP contribution in [-0.2, 0) is 10.2 Å². The normalized spacial score (nSPS) is 17.2. The van der Waals surface area contributed by atoms with E-state index in [0.717, 1.165) is 17.7 Å². The second-order valence-corrected chi connectivity index (χ2v) is 10.9. The fourth-order valence-electron chi connectivity index (χ4n) is 5.45. The number of halogens is 2. The number of fused-ring (bicyclic) bond motifs is 1. The van der Waals surface area contributed by atoms with Gasteiger partial charge in [-0.2, -0.15) is 0 Å². The molecule has 5 rings (SSSR count). The second kappa shape index (κ2) is 11.3. The number of aryl methyl sites for hydroxylation is 1. The first kappa shape index (κ1) is 28.8. The Kier molecular flexibility index (Phi) is 7.74. The lowest BCUT2D eigenvalue weighted by molar-refractivity contribution is 0.0594. The molecule has 0 saturated carbocycles. The highest BCUT2D eigenvalue weighted by Crippen LogP contribution is 2.42. The maximum Gasteiger partial charge on any atom is 0.356 e. The number of esters is 1. The number of carbonyl (C=O) groups excluding carboxylic acids is 2. The SMILES string of the molecule is COC(=O)c1cc(-c2nc(-c3ccccc3)c(NC(=O)N[C@@H]3c4cc(F)c(F)cc4C(C)(C)C[C@H]3O)cc2C)ccn1. The minimum absolute atomic E-state index is 0.129. The van der Waals surface area contributed by atoms with Crippen LogP contribution in [0.15, 0.2) is 66.9 Å². The number of ether oxygens (including phenoxy) is 1. The van der Waals surface area contributed by atoms with Crippen LogP contribution in [0.2, 0.25) is 0 Å². The Morgan fingerprint density at radius 1 is 1.00 bits per heavy atom. The van der Waals surface area contributed by atoms with E-state index >= 15 is 0 Å². The summed E-state index contributed by atoms with van der Waals surface area (Å²) in [4.78, 5) is 34.4. The highest BCUT2D eigenvalue weighted by atomic mass is 19.2. The summed E-state index contributed by atoms with van der Waals surface area (Å²) < 4.78 is 33.2. The lowest BCUT2D eigenvalue weighted by Crippen LogP contribution is -2.45. The number of urea groups is 1. The number of hydrogen-bond donors (Lipinski definition) is 3. The summed E-state index contributed by atoms with van der Waals surface area (Å²) in [6.45, 7) is 5.49. The minimum Gasteiger partial charge on any atom is -0.464 e. The molecule has 42 heavy (non-hydrogen) atoms. The second-order valence-electron chi connectivity index (χ2n) is 10.9.